The Labute approximate surface area is 183 Å². The van der Waals surface area contributed by atoms with E-state index in [9.17, 15) is 19.7 Å². The lowest BCUT2D eigenvalue weighted by atomic mass is 9.83. The molecular weight excluding hydrogens is 398 g/mol. The van der Waals surface area contributed by atoms with Gasteiger partial charge in [0.2, 0.25) is 11.8 Å². The smallest absolute Gasteiger partial charge is 0.303 e. The van der Waals surface area contributed by atoms with Crippen molar-refractivity contribution in [3.8, 4) is 0 Å². The maximum Gasteiger partial charge on any atom is 0.307 e. The Balaban J connectivity index is 1.21. The number of carbonyl (C=O) groups is 2. The predicted octanol–water partition coefficient (Wildman–Crippen LogP) is 3.46. The summed E-state index contributed by atoms with van der Waals surface area (Å²) in [5.41, 5.74) is 0.0638. The zero-order valence-electron chi connectivity index (χ0n) is 18.5. The fraction of sp³-hybridized carbons (Fsp3) is 0.773. The van der Waals surface area contributed by atoms with Gasteiger partial charge in [0.15, 0.2) is 0 Å². The number of nitrogens with zero attached hydrogens (tertiary/aromatic N) is 4. The van der Waals surface area contributed by atoms with Gasteiger partial charge in [0.25, 0.3) is 0 Å². The molecule has 2 unspecified atom stereocenters. The number of amides is 2. The minimum absolute atomic E-state index is 0.00601. The number of unbranched alkanes of at least 4 members (excludes halogenated alkanes) is 4. The van der Waals surface area contributed by atoms with Gasteiger partial charge < -0.3 is 4.90 Å². The third-order valence-electron chi connectivity index (χ3n) is 6.83. The molecule has 0 bridgehead atoms. The SMILES string of the molecule is CC(CCCCCCCN1CCC(n2cc([N+](=O)[O-])cn2)CC1)C1CCC(=O)NC1=O. The number of hydrogen-bond acceptors (Lipinski definition) is 6. The molecule has 1 aromatic heterocycles. The number of hydrogen-bond donors (Lipinski definition) is 1. The molecule has 0 spiro atoms. The second-order valence-corrected chi connectivity index (χ2v) is 9.10. The molecule has 2 amide bonds. The first-order valence-electron chi connectivity index (χ1n) is 11.7. The number of nitro groups is 1. The minimum atomic E-state index is -0.395. The molecule has 3 rings (SSSR count). The van der Waals surface area contributed by atoms with Crippen molar-refractivity contribution in [2.75, 3.05) is 19.6 Å². The van der Waals surface area contributed by atoms with Crippen molar-refractivity contribution in [3.05, 3.63) is 22.5 Å². The Morgan fingerprint density at radius 2 is 1.87 bits per heavy atom. The van der Waals surface area contributed by atoms with Gasteiger partial charge in [-0.1, -0.05) is 32.6 Å². The Kier molecular flexibility index (Phi) is 8.57. The average molecular weight is 434 g/mol. The Hall–Kier alpha value is -2.29. The van der Waals surface area contributed by atoms with Crippen molar-refractivity contribution in [1.29, 1.82) is 0 Å². The van der Waals surface area contributed by atoms with Crippen molar-refractivity contribution in [3.63, 3.8) is 0 Å². The first-order chi connectivity index (χ1) is 14.9. The largest absolute Gasteiger partial charge is 0.307 e. The molecule has 0 aliphatic carbocycles. The molecular formula is C22H35N5O4. The third kappa shape index (κ3) is 6.85. The predicted molar refractivity (Wildman–Crippen MR) is 116 cm³/mol. The highest BCUT2D eigenvalue weighted by Gasteiger charge is 2.30. The lowest BCUT2D eigenvalue weighted by molar-refractivity contribution is -0.385. The average Bonchev–Trinajstić information content (AvgIpc) is 3.24. The van der Waals surface area contributed by atoms with Crippen LogP contribution in [-0.2, 0) is 9.59 Å². The molecule has 9 nitrogen and oxygen atoms in total. The molecule has 1 aromatic rings. The van der Waals surface area contributed by atoms with Gasteiger partial charge in [-0.25, -0.2) is 0 Å². The van der Waals surface area contributed by atoms with Crippen LogP contribution < -0.4 is 5.32 Å². The Morgan fingerprint density at radius 1 is 1.16 bits per heavy atom. The van der Waals surface area contributed by atoms with Crippen LogP contribution in [0.5, 0.6) is 0 Å². The van der Waals surface area contributed by atoms with Gasteiger partial charge in [-0.3, -0.25) is 29.7 Å². The number of piperidine rings is 2. The van der Waals surface area contributed by atoms with Crippen LogP contribution in [0, 0.1) is 22.0 Å². The lowest BCUT2D eigenvalue weighted by Gasteiger charge is -2.31. The van der Waals surface area contributed by atoms with Crippen molar-refractivity contribution >= 4 is 17.5 Å². The zero-order chi connectivity index (χ0) is 22.2. The fourth-order valence-corrected chi connectivity index (χ4v) is 4.82. The van der Waals surface area contributed by atoms with Gasteiger partial charge in [-0.15, -0.1) is 0 Å². The van der Waals surface area contributed by atoms with E-state index in [0.717, 1.165) is 45.3 Å². The quantitative estimate of drug-likeness (QED) is 0.248. The van der Waals surface area contributed by atoms with Gasteiger partial charge in [-0.2, -0.15) is 5.10 Å². The molecule has 2 saturated heterocycles. The number of nitrogens with one attached hydrogen (secondary N) is 1. The van der Waals surface area contributed by atoms with E-state index in [4.69, 9.17) is 0 Å². The summed E-state index contributed by atoms with van der Waals surface area (Å²) in [6.45, 7) is 5.27. The number of aromatic nitrogens is 2. The molecule has 2 atom stereocenters. The molecule has 2 aliphatic rings. The summed E-state index contributed by atoms with van der Waals surface area (Å²) in [6.07, 6.45) is 13.0. The third-order valence-corrected chi connectivity index (χ3v) is 6.83. The highest BCUT2D eigenvalue weighted by atomic mass is 16.6. The molecule has 2 fully saturated rings. The van der Waals surface area contributed by atoms with Crippen molar-refractivity contribution in [2.24, 2.45) is 11.8 Å². The standard InChI is InChI=1S/C22H35N5O4/c1-17(20-8-9-21(28)24-22(20)29)7-5-3-2-4-6-12-25-13-10-18(11-14-25)26-16-19(15-23-26)27(30)31/h15-18,20H,2-14H2,1H3,(H,24,28,29). The van der Waals surface area contributed by atoms with Gasteiger partial charge in [-0.05, 0) is 44.6 Å². The van der Waals surface area contributed by atoms with Crippen LogP contribution in [0.15, 0.2) is 12.4 Å². The highest BCUT2D eigenvalue weighted by molar-refractivity contribution is 5.98. The normalized spacial score (nSPS) is 21.8. The minimum Gasteiger partial charge on any atom is -0.303 e. The number of rotatable bonds is 11. The van der Waals surface area contributed by atoms with Crippen LogP contribution in [0.4, 0.5) is 5.69 Å². The maximum absolute atomic E-state index is 11.9. The van der Waals surface area contributed by atoms with Crippen LogP contribution in [0.2, 0.25) is 0 Å². The summed E-state index contributed by atoms with van der Waals surface area (Å²) in [5.74, 6) is 0.112. The molecule has 9 heteroatoms. The van der Waals surface area contributed by atoms with Gasteiger partial charge in [0, 0.05) is 25.4 Å². The molecule has 0 radical (unpaired) electrons. The van der Waals surface area contributed by atoms with Crippen LogP contribution >= 0.6 is 0 Å². The topological polar surface area (TPSA) is 110 Å². The van der Waals surface area contributed by atoms with E-state index >= 15 is 0 Å². The van der Waals surface area contributed by atoms with E-state index in [1.54, 1.807) is 10.9 Å². The molecule has 0 aromatic carbocycles. The fourth-order valence-electron chi connectivity index (χ4n) is 4.82. The van der Waals surface area contributed by atoms with Gasteiger partial charge >= 0.3 is 5.69 Å². The van der Waals surface area contributed by atoms with Gasteiger partial charge in [0.1, 0.15) is 12.4 Å². The summed E-state index contributed by atoms with van der Waals surface area (Å²) in [5, 5.41) is 17.4. The van der Waals surface area contributed by atoms with Crippen LogP contribution in [0.3, 0.4) is 0 Å². The monoisotopic (exact) mass is 433 g/mol. The first kappa shape index (κ1) is 23.4. The van der Waals surface area contributed by atoms with Crippen molar-refractivity contribution < 1.29 is 14.5 Å². The van der Waals surface area contributed by atoms with E-state index < -0.39 is 4.92 Å². The molecule has 3 heterocycles. The molecule has 1 N–H and O–H groups in total. The van der Waals surface area contributed by atoms with E-state index in [1.165, 1.54) is 31.9 Å². The number of likely N-dealkylation sites (tertiary alicyclic amines) is 1. The van der Waals surface area contributed by atoms with E-state index in [0.29, 0.717) is 18.8 Å². The second kappa shape index (κ2) is 11.4. The second-order valence-electron chi connectivity index (χ2n) is 9.10. The van der Waals surface area contributed by atoms with Crippen LogP contribution in [-0.4, -0.2) is 51.1 Å². The Morgan fingerprint density at radius 3 is 2.55 bits per heavy atom. The summed E-state index contributed by atoms with van der Waals surface area (Å²) < 4.78 is 1.76. The number of carbonyl (C=O) groups excluding carboxylic acids is 2. The zero-order valence-corrected chi connectivity index (χ0v) is 18.5. The van der Waals surface area contributed by atoms with Gasteiger partial charge in [0.05, 0.1) is 11.0 Å². The van der Waals surface area contributed by atoms with Crippen LogP contribution in [0.25, 0.3) is 0 Å². The summed E-state index contributed by atoms with van der Waals surface area (Å²) in [6, 6.07) is 0.260. The summed E-state index contributed by atoms with van der Waals surface area (Å²) >= 11 is 0. The van der Waals surface area contributed by atoms with E-state index in [2.05, 4.69) is 22.2 Å². The van der Waals surface area contributed by atoms with Crippen molar-refractivity contribution in [1.82, 2.24) is 20.0 Å². The lowest BCUT2D eigenvalue weighted by Crippen LogP contribution is -2.43. The Bertz CT molecular complexity index is 757. The van der Waals surface area contributed by atoms with Crippen molar-refractivity contribution in [2.45, 2.75) is 77.2 Å². The highest BCUT2D eigenvalue weighted by Crippen LogP contribution is 2.26. The van der Waals surface area contributed by atoms with E-state index in [1.807, 2.05) is 0 Å². The number of imide groups is 1. The molecule has 172 valence electrons. The maximum atomic E-state index is 11.9. The summed E-state index contributed by atoms with van der Waals surface area (Å²) in [4.78, 5) is 36.1. The summed E-state index contributed by atoms with van der Waals surface area (Å²) in [7, 11) is 0. The molecule has 31 heavy (non-hydrogen) atoms. The molecule has 2 aliphatic heterocycles. The van der Waals surface area contributed by atoms with Crippen LogP contribution in [0.1, 0.15) is 77.2 Å². The van der Waals surface area contributed by atoms with E-state index in [-0.39, 0.29) is 29.5 Å². The molecule has 0 saturated carbocycles. The first-order valence-corrected chi connectivity index (χ1v) is 11.7.